The van der Waals surface area contributed by atoms with Crippen LogP contribution in [0.1, 0.15) is 57.2 Å². The smallest absolute Gasteiger partial charge is 0.234 e. The number of fused-ring (bicyclic) bond motifs is 1. The fourth-order valence-corrected chi connectivity index (χ4v) is 3.50. The Labute approximate surface area is 143 Å². The number of nitrogens with one attached hydrogen (secondary N) is 2. The summed E-state index contributed by atoms with van der Waals surface area (Å²) in [5.74, 6) is 0.353. The van der Waals surface area contributed by atoms with Crippen LogP contribution in [-0.4, -0.2) is 36.3 Å². The second-order valence-electron chi connectivity index (χ2n) is 7.40. The highest BCUT2D eigenvalue weighted by molar-refractivity contribution is 6.05. The first kappa shape index (κ1) is 17.0. The van der Waals surface area contributed by atoms with Crippen LogP contribution in [0, 0.1) is 0 Å². The van der Waals surface area contributed by atoms with Crippen LogP contribution in [0.25, 0.3) is 0 Å². The van der Waals surface area contributed by atoms with Crippen LogP contribution in [0.5, 0.6) is 0 Å². The van der Waals surface area contributed by atoms with Gasteiger partial charge in [0.25, 0.3) is 0 Å². The summed E-state index contributed by atoms with van der Waals surface area (Å²) in [6, 6.07) is 6.42. The molecule has 3 rings (SSSR count). The highest BCUT2D eigenvalue weighted by Gasteiger charge is 2.38. The third kappa shape index (κ3) is 3.18. The maximum atomic E-state index is 12.0. The number of amides is 2. The summed E-state index contributed by atoms with van der Waals surface area (Å²) < 4.78 is 0. The molecule has 0 spiro atoms. The molecule has 2 amide bonds. The molecule has 2 heterocycles. The summed E-state index contributed by atoms with van der Waals surface area (Å²) in [6.07, 6.45) is 2.67. The molecule has 2 aliphatic heterocycles. The predicted octanol–water partition coefficient (Wildman–Crippen LogP) is 2.58. The molecule has 0 aromatic heterocycles. The largest absolute Gasteiger partial charge is 0.343 e. The van der Waals surface area contributed by atoms with E-state index in [0.29, 0.717) is 12.3 Å². The van der Waals surface area contributed by atoms with Gasteiger partial charge in [-0.05, 0) is 57.4 Å². The molecule has 5 heteroatoms. The molecule has 0 radical (unpaired) electrons. The van der Waals surface area contributed by atoms with Gasteiger partial charge in [-0.25, -0.2) is 0 Å². The standard InChI is InChI=1S/C19H27N3O2/c1-13(20-9-5-11-22-10-4-6-17(22)23)14-7-8-16-15(12-14)19(2,3)18(24)21-16/h7-8,12-13,20H,4-6,9-11H2,1-3H3,(H,21,24)/t13-/m1/s1. The topological polar surface area (TPSA) is 61.4 Å². The SMILES string of the molecule is C[C@@H](NCCCN1CCCC1=O)c1ccc2c(c1)C(C)(C)C(=O)N2. The highest BCUT2D eigenvalue weighted by atomic mass is 16.2. The first-order valence-corrected chi connectivity index (χ1v) is 8.86. The van der Waals surface area contributed by atoms with E-state index >= 15 is 0 Å². The van der Waals surface area contributed by atoms with Crippen LogP contribution < -0.4 is 10.6 Å². The maximum absolute atomic E-state index is 12.0. The molecule has 0 saturated carbocycles. The number of nitrogens with zero attached hydrogens (tertiary/aromatic N) is 1. The van der Waals surface area contributed by atoms with Gasteiger partial charge in [0.15, 0.2) is 0 Å². The van der Waals surface area contributed by atoms with E-state index in [2.05, 4.69) is 29.7 Å². The summed E-state index contributed by atoms with van der Waals surface area (Å²) in [7, 11) is 0. The molecule has 1 saturated heterocycles. The van der Waals surface area contributed by atoms with E-state index in [4.69, 9.17) is 0 Å². The number of hydrogen-bond donors (Lipinski definition) is 2. The third-order valence-corrected chi connectivity index (χ3v) is 5.26. The molecule has 0 aliphatic carbocycles. The molecular formula is C19H27N3O2. The van der Waals surface area contributed by atoms with Crippen LogP contribution in [0.4, 0.5) is 5.69 Å². The van der Waals surface area contributed by atoms with E-state index < -0.39 is 5.41 Å². The summed E-state index contributed by atoms with van der Waals surface area (Å²) in [5.41, 5.74) is 2.71. The maximum Gasteiger partial charge on any atom is 0.234 e. The Morgan fingerprint density at radius 3 is 2.83 bits per heavy atom. The Morgan fingerprint density at radius 1 is 1.33 bits per heavy atom. The minimum Gasteiger partial charge on any atom is -0.343 e. The fraction of sp³-hybridized carbons (Fsp3) is 0.579. The number of likely N-dealkylation sites (tertiary alicyclic amines) is 1. The quantitative estimate of drug-likeness (QED) is 0.789. The van der Waals surface area contributed by atoms with Gasteiger partial charge in [0.05, 0.1) is 5.41 Å². The van der Waals surface area contributed by atoms with Gasteiger partial charge in [0, 0.05) is 31.2 Å². The van der Waals surface area contributed by atoms with Crippen molar-refractivity contribution in [3.05, 3.63) is 29.3 Å². The average Bonchev–Trinajstić information content (AvgIpc) is 3.05. The molecule has 1 atom stereocenters. The summed E-state index contributed by atoms with van der Waals surface area (Å²) >= 11 is 0. The van der Waals surface area contributed by atoms with Gasteiger partial charge in [-0.15, -0.1) is 0 Å². The summed E-state index contributed by atoms with van der Waals surface area (Å²) in [4.78, 5) is 25.6. The van der Waals surface area contributed by atoms with Crippen LogP contribution in [0.3, 0.4) is 0 Å². The third-order valence-electron chi connectivity index (χ3n) is 5.26. The molecule has 5 nitrogen and oxygen atoms in total. The zero-order valence-electron chi connectivity index (χ0n) is 14.8. The average molecular weight is 329 g/mol. The molecule has 130 valence electrons. The van der Waals surface area contributed by atoms with E-state index in [9.17, 15) is 9.59 Å². The minimum atomic E-state index is -0.471. The second-order valence-corrected chi connectivity index (χ2v) is 7.40. The van der Waals surface area contributed by atoms with Crippen molar-refractivity contribution in [2.24, 2.45) is 0 Å². The zero-order valence-corrected chi connectivity index (χ0v) is 14.8. The number of anilines is 1. The molecule has 1 aromatic rings. The number of carbonyl (C=O) groups excluding carboxylic acids is 2. The van der Waals surface area contributed by atoms with Crippen molar-refractivity contribution in [1.82, 2.24) is 10.2 Å². The normalized spacial score (nSPS) is 20.2. The number of rotatable bonds is 6. The Kier molecular flexibility index (Phi) is 4.63. The van der Waals surface area contributed by atoms with E-state index in [1.807, 2.05) is 24.8 Å². The van der Waals surface area contributed by atoms with Gasteiger partial charge >= 0.3 is 0 Å². The first-order chi connectivity index (χ1) is 11.4. The molecule has 2 N–H and O–H groups in total. The van der Waals surface area contributed by atoms with Crippen molar-refractivity contribution in [1.29, 1.82) is 0 Å². The molecule has 0 unspecified atom stereocenters. The van der Waals surface area contributed by atoms with Crippen molar-refractivity contribution in [3.63, 3.8) is 0 Å². The molecule has 0 bridgehead atoms. The molecule has 2 aliphatic rings. The van der Waals surface area contributed by atoms with Crippen molar-refractivity contribution >= 4 is 17.5 Å². The van der Waals surface area contributed by atoms with Crippen LogP contribution in [-0.2, 0) is 15.0 Å². The summed E-state index contributed by atoms with van der Waals surface area (Å²) in [5, 5.41) is 6.47. The lowest BCUT2D eigenvalue weighted by Gasteiger charge is -2.20. The van der Waals surface area contributed by atoms with Crippen molar-refractivity contribution in [3.8, 4) is 0 Å². The van der Waals surface area contributed by atoms with Crippen LogP contribution >= 0.6 is 0 Å². The van der Waals surface area contributed by atoms with Crippen molar-refractivity contribution in [2.45, 2.75) is 51.5 Å². The lowest BCUT2D eigenvalue weighted by Crippen LogP contribution is -2.29. The van der Waals surface area contributed by atoms with E-state index in [-0.39, 0.29) is 11.9 Å². The van der Waals surface area contributed by atoms with Gasteiger partial charge in [-0.2, -0.15) is 0 Å². The lowest BCUT2D eigenvalue weighted by molar-refractivity contribution is -0.127. The van der Waals surface area contributed by atoms with Gasteiger partial charge in [-0.1, -0.05) is 12.1 Å². The van der Waals surface area contributed by atoms with Crippen molar-refractivity contribution in [2.75, 3.05) is 25.0 Å². The Hall–Kier alpha value is -1.88. The number of hydrogen-bond acceptors (Lipinski definition) is 3. The predicted molar refractivity (Wildman–Crippen MR) is 94.9 cm³/mol. The molecule has 1 aromatic carbocycles. The first-order valence-electron chi connectivity index (χ1n) is 8.86. The van der Waals surface area contributed by atoms with Gasteiger partial charge in [0.2, 0.25) is 11.8 Å². The second kappa shape index (κ2) is 6.55. The Balaban J connectivity index is 1.54. The van der Waals surface area contributed by atoms with Gasteiger partial charge < -0.3 is 15.5 Å². The van der Waals surface area contributed by atoms with E-state index in [0.717, 1.165) is 43.7 Å². The van der Waals surface area contributed by atoms with Crippen molar-refractivity contribution < 1.29 is 9.59 Å². The summed E-state index contributed by atoms with van der Waals surface area (Å²) in [6.45, 7) is 8.69. The van der Waals surface area contributed by atoms with E-state index in [1.165, 1.54) is 5.56 Å². The molecule has 1 fully saturated rings. The number of carbonyl (C=O) groups is 2. The molecule has 24 heavy (non-hydrogen) atoms. The monoisotopic (exact) mass is 329 g/mol. The lowest BCUT2D eigenvalue weighted by atomic mass is 9.85. The number of benzene rings is 1. The van der Waals surface area contributed by atoms with Crippen LogP contribution in [0.15, 0.2) is 18.2 Å². The minimum absolute atomic E-state index is 0.0607. The van der Waals surface area contributed by atoms with E-state index in [1.54, 1.807) is 0 Å². The molecular weight excluding hydrogens is 302 g/mol. The van der Waals surface area contributed by atoms with Gasteiger partial charge in [-0.3, -0.25) is 9.59 Å². The Morgan fingerprint density at radius 2 is 2.12 bits per heavy atom. The van der Waals surface area contributed by atoms with Gasteiger partial charge in [0.1, 0.15) is 0 Å². The van der Waals surface area contributed by atoms with Crippen LogP contribution in [0.2, 0.25) is 0 Å². The Bertz CT molecular complexity index is 654. The fourth-order valence-electron chi connectivity index (χ4n) is 3.50. The zero-order chi connectivity index (χ0) is 17.3. The highest BCUT2D eigenvalue weighted by Crippen LogP contribution is 2.38.